The molecular weight excluding hydrogens is 406 g/mol. The lowest BCUT2D eigenvalue weighted by atomic mass is 9.94. The third-order valence-corrected chi connectivity index (χ3v) is 5.85. The molecule has 2 unspecified atom stereocenters. The van der Waals surface area contributed by atoms with E-state index >= 15 is 0 Å². The molecule has 1 aliphatic heterocycles. The highest BCUT2D eigenvalue weighted by atomic mass is 79.9. The molecule has 2 atom stereocenters. The summed E-state index contributed by atoms with van der Waals surface area (Å²) in [4.78, 5) is 11.3. The summed E-state index contributed by atoms with van der Waals surface area (Å²) in [7, 11) is -3.70. The van der Waals surface area contributed by atoms with Crippen LogP contribution in [-0.2, 0) is 10.0 Å². The number of hydrogen-bond acceptors (Lipinski definition) is 4. The monoisotopic (exact) mass is 425 g/mol. The maximum atomic E-state index is 12.5. The smallest absolute Gasteiger partial charge is 0.248 e. The zero-order chi connectivity index (χ0) is 16.3. The van der Waals surface area contributed by atoms with Gasteiger partial charge in [0, 0.05) is 16.1 Å². The van der Waals surface area contributed by atoms with E-state index in [9.17, 15) is 13.2 Å². The third-order valence-electron chi connectivity index (χ3n) is 3.85. The zero-order valence-electron chi connectivity index (χ0n) is 12.7. The molecule has 1 saturated heterocycles. The van der Waals surface area contributed by atoms with Gasteiger partial charge in [0.05, 0.1) is 4.90 Å². The second-order valence-corrected chi connectivity index (χ2v) is 8.19. The van der Waals surface area contributed by atoms with Crippen molar-refractivity contribution < 1.29 is 13.2 Å². The first-order chi connectivity index (χ1) is 10.3. The van der Waals surface area contributed by atoms with E-state index in [0.717, 1.165) is 25.9 Å². The molecule has 1 aromatic rings. The molecular formula is C14H21BrClN3O3S. The average Bonchev–Trinajstić information content (AvgIpc) is 2.47. The van der Waals surface area contributed by atoms with Gasteiger partial charge in [0.15, 0.2) is 0 Å². The minimum Gasteiger partial charge on any atom is -0.366 e. The fraction of sp³-hybridized carbons (Fsp3) is 0.500. The molecule has 1 heterocycles. The molecule has 0 bridgehead atoms. The number of piperidine rings is 1. The second kappa shape index (κ2) is 8.43. The first kappa shape index (κ1) is 20.4. The number of hydrogen-bond donors (Lipinski definition) is 3. The number of nitrogens with two attached hydrogens (primary N) is 1. The summed E-state index contributed by atoms with van der Waals surface area (Å²) < 4.78 is 28.2. The second-order valence-electron chi connectivity index (χ2n) is 5.56. The van der Waals surface area contributed by atoms with Crippen LogP contribution in [0, 0.1) is 5.92 Å². The van der Waals surface area contributed by atoms with Crippen molar-refractivity contribution >= 4 is 44.3 Å². The molecule has 23 heavy (non-hydrogen) atoms. The predicted molar refractivity (Wildman–Crippen MR) is 95.3 cm³/mol. The van der Waals surface area contributed by atoms with Gasteiger partial charge in [-0.2, -0.15) is 0 Å². The number of carbonyl (C=O) groups excluding carboxylic acids is 1. The lowest BCUT2D eigenvalue weighted by Gasteiger charge is -2.28. The lowest BCUT2D eigenvalue weighted by molar-refractivity contribution is 0.1000. The van der Waals surface area contributed by atoms with E-state index in [1.165, 1.54) is 18.2 Å². The van der Waals surface area contributed by atoms with Gasteiger partial charge in [-0.05, 0) is 57.0 Å². The molecule has 1 amide bonds. The van der Waals surface area contributed by atoms with E-state index in [1.807, 2.05) is 6.92 Å². The molecule has 1 fully saturated rings. The maximum absolute atomic E-state index is 12.5. The lowest BCUT2D eigenvalue weighted by Crippen LogP contribution is -2.44. The van der Waals surface area contributed by atoms with Crippen LogP contribution in [-0.4, -0.2) is 33.5 Å². The van der Waals surface area contributed by atoms with Crippen LogP contribution in [0.3, 0.4) is 0 Å². The van der Waals surface area contributed by atoms with Gasteiger partial charge in [-0.1, -0.05) is 15.9 Å². The number of rotatable bonds is 5. The molecule has 0 aliphatic carbocycles. The Bertz CT molecular complexity index is 663. The van der Waals surface area contributed by atoms with Gasteiger partial charge >= 0.3 is 0 Å². The predicted octanol–water partition coefficient (Wildman–Crippen LogP) is 1.64. The fourth-order valence-corrected chi connectivity index (χ4v) is 4.60. The molecule has 0 saturated carbocycles. The van der Waals surface area contributed by atoms with Gasteiger partial charge in [-0.3, -0.25) is 4.79 Å². The number of primary amides is 1. The number of benzene rings is 1. The molecule has 4 N–H and O–H groups in total. The maximum Gasteiger partial charge on any atom is 0.248 e. The van der Waals surface area contributed by atoms with Crippen molar-refractivity contribution in [3.63, 3.8) is 0 Å². The van der Waals surface area contributed by atoms with E-state index in [1.54, 1.807) is 0 Å². The summed E-state index contributed by atoms with van der Waals surface area (Å²) >= 11 is 3.21. The molecule has 0 radical (unpaired) electrons. The molecule has 6 nitrogen and oxygen atoms in total. The number of carbonyl (C=O) groups is 1. The van der Waals surface area contributed by atoms with Crippen LogP contribution >= 0.6 is 28.3 Å². The van der Waals surface area contributed by atoms with Crippen molar-refractivity contribution in [1.82, 2.24) is 10.0 Å². The van der Waals surface area contributed by atoms with E-state index in [4.69, 9.17) is 5.73 Å². The van der Waals surface area contributed by atoms with Crippen molar-refractivity contribution in [1.29, 1.82) is 0 Å². The highest BCUT2D eigenvalue weighted by Gasteiger charge is 2.25. The van der Waals surface area contributed by atoms with E-state index in [0.29, 0.717) is 4.47 Å². The number of halogens is 2. The summed E-state index contributed by atoms with van der Waals surface area (Å²) in [6, 6.07) is 4.06. The van der Waals surface area contributed by atoms with Crippen molar-refractivity contribution in [3.8, 4) is 0 Å². The van der Waals surface area contributed by atoms with Gasteiger partial charge in [-0.15, -0.1) is 12.4 Å². The van der Waals surface area contributed by atoms with Crippen LogP contribution in [0.4, 0.5) is 0 Å². The molecule has 130 valence electrons. The topological polar surface area (TPSA) is 101 Å². The highest BCUT2D eigenvalue weighted by Crippen LogP contribution is 2.21. The van der Waals surface area contributed by atoms with E-state index in [-0.39, 0.29) is 34.8 Å². The van der Waals surface area contributed by atoms with Crippen LogP contribution in [0.15, 0.2) is 27.6 Å². The summed E-state index contributed by atoms with van der Waals surface area (Å²) in [5.41, 5.74) is 5.38. The Balaban J connectivity index is 0.00000264. The van der Waals surface area contributed by atoms with Crippen molar-refractivity contribution in [2.24, 2.45) is 11.7 Å². The van der Waals surface area contributed by atoms with Gasteiger partial charge in [0.2, 0.25) is 15.9 Å². The van der Waals surface area contributed by atoms with Crippen molar-refractivity contribution in [2.75, 3.05) is 13.1 Å². The Kier molecular flexibility index (Phi) is 7.47. The number of amides is 1. The Morgan fingerprint density at radius 2 is 2.13 bits per heavy atom. The summed E-state index contributed by atoms with van der Waals surface area (Å²) in [6.45, 7) is 3.64. The average molecular weight is 427 g/mol. The third kappa shape index (κ3) is 5.42. The fourth-order valence-electron chi connectivity index (χ4n) is 2.57. The number of sulfonamides is 1. The zero-order valence-corrected chi connectivity index (χ0v) is 15.9. The molecule has 1 aromatic carbocycles. The standard InChI is InChI=1S/C14H20BrN3O3S.ClH/c1-9(10-3-2-4-17-8-10)18-22(20,21)13-6-11(14(16)19)5-12(15)7-13;/h5-7,9-10,17-18H,2-4,8H2,1H3,(H2,16,19);1H. The summed E-state index contributed by atoms with van der Waals surface area (Å²) in [5.74, 6) is -0.409. The Labute approximate surface area is 151 Å². The Morgan fingerprint density at radius 3 is 2.70 bits per heavy atom. The van der Waals surface area contributed by atoms with Gasteiger partial charge < -0.3 is 11.1 Å². The van der Waals surface area contributed by atoms with Gasteiger partial charge in [0.25, 0.3) is 0 Å². The normalized spacial score (nSPS) is 19.7. The van der Waals surface area contributed by atoms with Crippen LogP contribution in [0.25, 0.3) is 0 Å². The first-order valence-corrected chi connectivity index (χ1v) is 9.40. The minimum absolute atomic E-state index is 0. The molecule has 2 rings (SSSR count). The molecule has 0 aromatic heterocycles. The van der Waals surface area contributed by atoms with Crippen molar-refractivity contribution in [3.05, 3.63) is 28.2 Å². The summed E-state index contributed by atoms with van der Waals surface area (Å²) in [6.07, 6.45) is 2.03. The van der Waals surface area contributed by atoms with Crippen molar-refractivity contribution in [2.45, 2.75) is 30.7 Å². The highest BCUT2D eigenvalue weighted by molar-refractivity contribution is 9.10. The quantitative estimate of drug-likeness (QED) is 0.666. The molecule has 9 heteroatoms. The van der Waals surface area contributed by atoms with Crippen LogP contribution in [0.5, 0.6) is 0 Å². The first-order valence-electron chi connectivity index (χ1n) is 7.13. The van der Waals surface area contributed by atoms with E-state index in [2.05, 4.69) is 26.0 Å². The molecule has 1 aliphatic rings. The van der Waals surface area contributed by atoms with Gasteiger partial charge in [0.1, 0.15) is 0 Å². The SMILES string of the molecule is CC(NS(=O)(=O)c1cc(Br)cc(C(N)=O)c1)C1CCCNC1.Cl. The van der Waals surface area contributed by atoms with Crippen LogP contribution in [0.1, 0.15) is 30.1 Å². The number of nitrogens with one attached hydrogen (secondary N) is 2. The van der Waals surface area contributed by atoms with Crippen LogP contribution in [0.2, 0.25) is 0 Å². The van der Waals surface area contributed by atoms with E-state index < -0.39 is 15.9 Å². The van der Waals surface area contributed by atoms with Gasteiger partial charge in [-0.25, -0.2) is 13.1 Å². The van der Waals surface area contributed by atoms with Crippen LogP contribution < -0.4 is 15.8 Å². The Morgan fingerprint density at radius 1 is 1.43 bits per heavy atom. The molecule has 0 spiro atoms. The Hall–Kier alpha value is -0.670. The summed E-state index contributed by atoms with van der Waals surface area (Å²) in [5, 5.41) is 3.27. The minimum atomic E-state index is -3.70. The largest absolute Gasteiger partial charge is 0.366 e.